The van der Waals surface area contributed by atoms with Crippen LogP contribution in [0.2, 0.25) is 0 Å². The lowest BCUT2D eigenvalue weighted by molar-refractivity contribution is 0.232. The second-order valence-corrected chi connectivity index (χ2v) is 3.43. The molecule has 0 atom stereocenters. The van der Waals surface area contributed by atoms with Gasteiger partial charge in [-0.3, -0.25) is 4.98 Å². The van der Waals surface area contributed by atoms with Crippen LogP contribution in [0.25, 0.3) is 0 Å². The predicted octanol–water partition coefficient (Wildman–Crippen LogP) is 2.43. The number of hydrogen-bond donors (Lipinski definition) is 0. The fraction of sp³-hybridized carbons (Fsp3) is 0.273. The Labute approximate surface area is 98.2 Å². The van der Waals surface area contributed by atoms with Crippen LogP contribution in [0.3, 0.4) is 0 Å². The van der Waals surface area contributed by atoms with Crippen LogP contribution in [0.15, 0.2) is 35.1 Å². The summed E-state index contributed by atoms with van der Waals surface area (Å²) in [6.45, 7) is 0.485. The highest BCUT2D eigenvalue weighted by Crippen LogP contribution is 2.11. The van der Waals surface area contributed by atoms with Crippen molar-refractivity contribution in [1.82, 2.24) is 9.97 Å². The van der Waals surface area contributed by atoms with Gasteiger partial charge >= 0.3 is 6.08 Å². The largest absolute Gasteiger partial charge is 0.450 e. The minimum Gasteiger partial charge on any atom is -0.450 e. The van der Waals surface area contributed by atoms with Crippen molar-refractivity contribution < 1.29 is 9.15 Å². The Bertz CT molecular complexity index is 431. The van der Waals surface area contributed by atoms with Crippen molar-refractivity contribution in [3.8, 4) is 6.08 Å². The van der Waals surface area contributed by atoms with Gasteiger partial charge < -0.3 is 9.15 Å². The fourth-order valence-electron chi connectivity index (χ4n) is 1.20. The number of hydrogen-bond acceptors (Lipinski definition) is 4. The van der Waals surface area contributed by atoms with Gasteiger partial charge in [0.05, 0.1) is 18.2 Å². The molecule has 0 N–H and O–H groups in total. The van der Waals surface area contributed by atoms with Gasteiger partial charge in [-0.2, -0.15) is 4.98 Å². The highest BCUT2D eigenvalue weighted by Gasteiger charge is 2.03. The van der Waals surface area contributed by atoms with Crippen LogP contribution in [0.4, 0.5) is 0 Å². The Morgan fingerprint density at radius 2 is 2.25 bits per heavy atom. The molecular formula is C11H11ClN2O2. The van der Waals surface area contributed by atoms with E-state index >= 15 is 0 Å². The van der Waals surface area contributed by atoms with Crippen molar-refractivity contribution in [2.45, 2.75) is 12.3 Å². The van der Waals surface area contributed by atoms with Crippen molar-refractivity contribution in [3.05, 3.63) is 42.0 Å². The van der Waals surface area contributed by atoms with Crippen LogP contribution < -0.4 is 4.74 Å². The number of ether oxygens (including phenoxy) is 1. The zero-order valence-electron chi connectivity index (χ0n) is 8.60. The Balaban J connectivity index is 1.80. The molecular weight excluding hydrogens is 228 g/mol. The standard InChI is InChI=1S/C11H11ClN2O2/c12-7-10-8-16-11(14-10)15-6-4-9-3-1-2-5-13-9/h1-3,5,8H,4,6-7H2. The minimum absolute atomic E-state index is 0.256. The second-order valence-electron chi connectivity index (χ2n) is 3.16. The van der Waals surface area contributed by atoms with Crippen LogP contribution in [0, 0.1) is 0 Å². The molecule has 0 unspecified atom stereocenters. The predicted molar refractivity (Wildman–Crippen MR) is 59.5 cm³/mol. The number of pyridine rings is 1. The van der Waals surface area contributed by atoms with E-state index < -0.39 is 0 Å². The lowest BCUT2D eigenvalue weighted by Gasteiger charge is -2.00. The molecule has 2 heterocycles. The molecule has 0 amide bonds. The van der Waals surface area contributed by atoms with Crippen LogP contribution in [0.1, 0.15) is 11.4 Å². The van der Waals surface area contributed by atoms with Gasteiger partial charge in [-0.1, -0.05) is 6.07 Å². The van der Waals surface area contributed by atoms with Gasteiger partial charge in [-0.05, 0) is 12.1 Å². The van der Waals surface area contributed by atoms with Crippen molar-refractivity contribution in [1.29, 1.82) is 0 Å². The fourth-order valence-corrected chi connectivity index (χ4v) is 1.33. The molecule has 4 nitrogen and oxygen atoms in total. The number of nitrogens with zero attached hydrogens (tertiary/aromatic N) is 2. The molecule has 2 aromatic rings. The lowest BCUT2D eigenvalue weighted by atomic mass is 10.3. The highest BCUT2D eigenvalue weighted by atomic mass is 35.5. The van der Waals surface area contributed by atoms with Crippen LogP contribution in [-0.2, 0) is 12.3 Å². The van der Waals surface area contributed by atoms with Crippen molar-refractivity contribution in [2.75, 3.05) is 6.61 Å². The third kappa shape index (κ3) is 2.97. The first-order chi connectivity index (χ1) is 7.88. The summed E-state index contributed by atoms with van der Waals surface area (Å²) in [6, 6.07) is 5.77. The quantitative estimate of drug-likeness (QED) is 0.751. The Morgan fingerprint density at radius 3 is 2.94 bits per heavy atom. The van der Waals surface area contributed by atoms with E-state index in [9.17, 15) is 0 Å². The molecule has 2 rings (SSSR count). The van der Waals surface area contributed by atoms with Gasteiger partial charge in [0.15, 0.2) is 0 Å². The number of rotatable bonds is 5. The minimum atomic E-state index is 0.256. The monoisotopic (exact) mass is 238 g/mol. The molecule has 84 valence electrons. The summed E-state index contributed by atoms with van der Waals surface area (Å²) in [6.07, 6.45) is 4.22. The van der Waals surface area contributed by atoms with E-state index in [0.29, 0.717) is 18.2 Å². The molecule has 0 aromatic carbocycles. The van der Waals surface area contributed by atoms with Gasteiger partial charge in [0.2, 0.25) is 0 Å². The van der Waals surface area contributed by atoms with E-state index in [1.807, 2.05) is 18.2 Å². The van der Waals surface area contributed by atoms with Crippen molar-refractivity contribution in [3.63, 3.8) is 0 Å². The van der Waals surface area contributed by atoms with Crippen LogP contribution >= 0.6 is 11.6 Å². The molecule has 0 bridgehead atoms. The molecule has 0 saturated carbocycles. The van der Waals surface area contributed by atoms with Crippen LogP contribution in [-0.4, -0.2) is 16.6 Å². The van der Waals surface area contributed by atoms with Crippen molar-refractivity contribution in [2.24, 2.45) is 0 Å². The van der Waals surface area contributed by atoms with Crippen LogP contribution in [0.5, 0.6) is 6.08 Å². The van der Waals surface area contributed by atoms with E-state index in [-0.39, 0.29) is 6.08 Å². The maximum absolute atomic E-state index is 5.58. The van der Waals surface area contributed by atoms with Gasteiger partial charge in [-0.15, -0.1) is 11.6 Å². The first kappa shape index (κ1) is 11.0. The molecule has 0 aliphatic rings. The summed E-state index contributed by atoms with van der Waals surface area (Å²) in [4.78, 5) is 8.20. The van der Waals surface area contributed by atoms with Gasteiger partial charge in [0.1, 0.15) is 6.26 Å². The smallest absolute Gasteiger partial charge is 0.393 e. The molecule has 0 aliphatic carbocycles. The summed E-state index contributed by atoms with van der Waals surface area (Å²) in [5, 5.41) is 0. The molecule has 2 aromatic heterocycles. The van der Waals surface area contributed by atoms with E-state index in [2.05, 4.69) is 9.97 Å². The van der Waals surface area contributed by atoms with Gasteiger partial charge in [-0.25, -0.2) is 0 Å². The Hall–Kier alpha value is -1.55. The summed E-state index contributed by atoms with van der Waals surface area (Å²) < 4.78 is 10.4. The molecule has 0 fully saturated rings. The van der Waals surface area contributed by atoms with Gasteiger partial charge in [0, 0.05) is 18.3 Å². The Kier molecular flexibility index (Phi) is 3.77. The lowest BCUT2D eigenvalue weighted by Crippen LogP contribution is -2.02. The SMILES string of the molecule is ClCc1coc(OCCc2ccccn2)n1. The highest BCUT2D eigenvalue weighted by molar-refractivity contribution is 6.16. The number of alkyl halides is 1. The molecule has 16 heavy (non-hydrogen) atoms. The average Bonchev–Trinajstić information content (AvgIpc) is 2.78. The van der Waals surface area contributed by atoms with E-state index in [1.165, 1.54) is 6.26 Å². The zero-order chi connectivity index (χ0) is 11.2. The molecule has 0 radical (unpaired) electrons. The van der Waals surface area contributed by atoms with Crippen molar-refractivity contribution >= 4 is 11.6 Å². The molecule has 5 heteroatoms. The maximum atomic E-state index is 5.58. The number of aromatic nitrogens is 2. The second kappa shape index (κ2) is 5.51. The Morgan fingerprint density at radius 1 is 1.31 bits per heavy atom. The summed E-state index contributed by atoms with van der Waals surface area (Å²) in [5.41, 5.74) is 1.65. The summed E-state index contributed by atoms with van der Waals surface area (Å²) >= 11 is 5.58. The number of oxazole rings is 1. The maximum Gasteiger partial charge on any atom is 0.393 e. The van der Waals surface area contributed by atoms with E-state index in [4.69, 9.17) is 20.8 Å². The first-order valence-corrected chi connectivity index (χ1v) is 5.45. The molecule has 0 saturated heterocycles. The topological polar surface area (TPSA) is 48.2 Å². The summed E-state index contributed by atoms with van der Waals surface area (Å²) in [5.74, 6) is 0.326. The average molecular weight is 239 g/mol. The number of halogens is 1. The normalized spacial score (nSPS) is 10.3. The van der Waals surface area contributed by atoms with E-state index in [0.717, 1.165) is 12.1 Å². The molecule has 0 spiro atoms. The third-order valence-electron chi connectivity index (χ3n) is 1.98. The first-order valence-electron chi connectivity index (χ1n) is 4.91. The zero-order valence-corrected chi connectivity index (χ0v) is 9.35. The van der Waals surface area contributed by atoms with E-state index in [1.54, 1.807) is 6.20 Å². The molecule has 0 aliphatic heterocycles. The summed E-state index contributed by atoms with van der Waals surface area (Å²) in [7, 11) is 0. The van der Waals surface area contributed by atoms with Gasteiger partial charge in [0.25, 0.3) is 0 Å². The third-order valence-corrected chi connectivity index (χ3v) is 2.25.